The minimum absolute atomic E-state index is 0.263. The molecule has 1 N–H and O–H groups in total. The first kappa shape index (κ1) is 16.2. The average molecular weight is 260 g/mol. The molecule has 0 aliphatic heterocycles. The third kappa shape index (κ3) is 6.72. The van der Waals surface area contributed by atoms with Crippen LogP contribution in [-0.4, -0.2) is 55.7 Å². The Bertz CT molecular complexity index is 304. The molecule has 0 unspecified atom stereocenters. The number of hydrogen-bond donors (Lipinski definition) is 1. The molecular formula is C11H20N2O5. The number of amides is 2. The fourth-order valence-electron chi connectivity index (χ4n) is 0.984. The Morgan fingerprint density at radius 1 is 1.17 bits per heavy atom. The smallest absolute Gasteiger partial charge is 0.411 e. The zero-order valence-electron chi connectivity index (χ0n) is 11.4. The van der Waals surface area contributed by atoms with Crippen LogP contribution in [-0.2, 0) is 19.1 Å². The second-order valence-electron chi connectivity index (χ2n) is 4.59. The monoisotopic (exact) mass is 260 g/mol. The molecule has 0 aromatic heterocycles. The Morgan fingerprint density at radius 3 is 2.11 bits per heavy atom. The zero-order valence-corrected chi connectivity index (χ0v) is 11.4. The van der Waals surface area contributed by atoms with Crippen molar-refractivity contribution < 1.29 is 23.9 Å². The van der Waals surface area contributed by atoms with Gasteiger partial charge in [-0.05, 0) is 20.8 Å². The van der Waals surface area contributed by atoms with Crippen LogP contribution in [0.25, 0.3) is 0 Å². The molecule has 0 atom stereocenters. The summed E-state index contributed by atoms with van der Waals surface area (Å²) in [6.45, 7) is 4.49. The molecule has 0 bridgehead atoms. The number of nitrogens with one attached hydrogen (secondary N) is 1. The third-order valence-electron chi connectivity index (χ3n) is 1.81. The molecule has 7 nitrogen and oxygen atoms in total. The highest BCUT2D eigenvalue weighted by molar-refractivity contribution is 5.85. The van der Waals surface area contributed by atoms with Crippen molar-refractivity contribution in [2.24, 2.45) is 0 Å². The van der Waals surface area contributed by atoms with Crippen LogP contribution in [0.4, 0.5) is 4.79 Å². The Kier molecular flexibility index (Phi) is 6.15. The molecule has 0 aromatic rings. The predicted molar refractivity (Wildman–Crippen MR) is 63.9 cm³/mol. The van der Waals surface area contributed by atoms with Crippen LogP contribution >= 0.6 is 0 Å². The van der Waals surface area contributed by atoms with Crippen molar-refractivity contribution in [2.75, 3.05) is 27.2 Å². The Morgan fingerprint density at radius 2 is 1.72 bits per heavy atom. The lowest BCUT2D eigenvalue weighted by molar-refractivity contribution is -0.142. The van der Waals surface area contributed by atoms with Crippen molar-refractivity contribution in [3.63, 3.8) is 0 Å². The number of esters is 1. The summed E-state index contributed by atoms with van der Waals surface area (Å²) >= 11 is 0. The van der Waals surface area contributed by atoms with E-state index in [1.165, 1.54) is 14.2 Å². The van der Waals surface area contributed by atoms with Gasteiger partial charge in [0.15, 0.2) is 0 Å². The molecule has 104 valence electrons. The van der Waals surface area contributed by atoms with E-state index in [1.807, 2.05) is 0 Å². The lowest BCUT2D eigenvalue weighted by atomic mass is 10.2. The highest BCUT2D eigenvalue weighted by atomic mass is 16.6. The normalized spacial score (nSPS) is 10.5. The molecule has 0 saturated heterocycles. The van der Waals surface area contributed by atoms with Gasteiger partial charge in [-0.15, -0.1) is 0 Å². The van der Waals surface area contributed by atoms with Gasteiger partial charge < -0.3 is 14.8 Å². The van der Waals surface area contributed by atoms with Gasteiger partial charge in [-0.25, -0.2) is 4.79 Å². The first-order valence-electron chi connectivity index (χ1n) is 5.45. The lowest BCUT2D eigenvalue weighted by Crippen LogP contribution is -2.45. The number of likely N-dealkylation sites (N-methyl/N-ethyl adjacent to an activating group) is 1. The number of carbonyl (C=O) groups is 3. The Balaban J connectivity index is 4.69. The number of nitrogens with zero attached hydrogens (tertiary/aromatic N) is 1. The van der Waals surface area contributed by atoms with Gasteiger partial charge in [0.25, 0.3) is 0 Å². The molecule has 0 saturated carbocycles. The number of rotatable bonds is 4. The van der Waals surface area contributed by atoms with Crippen molar-refractivity contribution in [3.05, 3.63) is 0 Å². The van der Waals surface area contributed by atoms with Crippen LogP contribution in [0, 0.1) is 0 Å². The van der Waals surface area contributed by atoms with Crippen molar-refractivity contribution in [1.82, 2.24) is 10.2 Å². The number of ether oxygens (including phenoxy) is 2. The first-order chi connectivity index (χ1) is 8.19. The van der Waals surface area contributed by atoms with Crippen LogP contribution in [0.2, 0.25) is 0 Å². The van der Waals surface area contributed by atoms with Gasteiger partial charge in [0, 0.05) is 7.05 Å². The summed E-state index contributed by atoms with van der Waals surface area (Å²) in [6, 6.07) is 0. The summed E-state index contributed by atoms with van der Waals surface area (Å²) in [4.78, 5) is 35.2. The van der Waals surface area contributed by atoms with Crippen molar-refractivity contribution in [2.45, 2.75) is 26.4 Å². The lowest BCUT2D eigenvalue weighted by Gasteiger charge is -2.26. The summed E-state index contributed by atoms with van der Waals surface area (Å²) in [5.74, 6) is -1.02. The standard InChI is InChI=1S/C11H20N2O5/c1-11(2,3)18-10(16)13(6-8(14)12-4)7-9(15)17-5/h6-7H2,1-5H3,(H,12,14). The van der Waals surface area contributed by atoms with E-state index in [-0.39, 0.29) is 13.1 Å². The van der Waals surface area contributed by atoms with E-state index in [1.54, 1.807) is 20.8 Å². The molecule has 0 rings (SSSR count). The predicted octanol–water partition coefficient (Wildman–Crippen LogP) is 0.143. The van der Waals surface area contributed by atoms with Gasteiger partial charge in [-0.1, -0.05) is 0 Å². The maximum Gasteiger partial charge on any atom is 0.411 e. The summed E-state index contributed by atoms with van der Waals surface area (Å²) in [6.07, 6.45) is -0.739. The summed E-state index contributed by atoms with van der Waals surface area (Å²) in [5.41, 5.74) is -0.700. The van der Waals surface area contributed by atoms with E-state index >= 15 is 0 Å². The quantitative estimate of drug-likeness (QED) is 0.727. The Hall–Kier alpha value is -1.79. The van der Waals surface area contributed by atoms with E-state index < -0.39 is 23.6 Å². The van der Waals surface area contributed by atoms with Crippen LogP contribution in [0.15, 0.2) is 0 Å². The number of carbonyl (C=O) groups excluding carboxylic acids is 3. The van der Waals surface area contributed by atoms with Crippen molar-refractivity contribution in [3.8, 4) is 0 Å². The number of methoxy groups -OCH3 is 1. The average Bonchev–Trinajstić information content (AvgIpc) is 2.25. The van der Waals surface area contributed by atoms with Crippen LogP contribution in [0.1, 0.15) is 20.8 Å². The zero-order chi connectivity index (χ0) is 14.3. The van der Waals surface area contributed by atoms with Gasteiger partial charge >= 0.3 is 12.1 Å². The third-order valence-corrected chi connectivity index (χ3v) is 1.81. The molecule has 0 fully saturated rings. The molecule has 18 heavy (non-hydrogen) atoms. The van der Waals surface area contributed by atoms with Gasteiger partial charge in [0.05, 0.1) is 7.11 Å². The van der Waals surface area contributed by atoms with Crippen LogP contribution in [0.5, 0.6) is 0 Å². The summed E-state index contributed by atoms with van der Waals surface area (Å²) < 4.78 is 9.55. The maximum absolute atomic E-state index is 11.8. The van der Waals surface area contributed by atoms with Gasteiger partial charge in [-0.2, -0.15) is 0 Å². The molecule has 0 aliphatic carbocycles. The first-order valence-corrected chi connectivity index (χ1v) is 5.45. The molecule has 0 spiro atoms. The van der Waals surface area contributed by atoms with E-state index in [2.05, 4.69) is 10.1 Å². The number of hydrogen-bond acceptors (Lipinski definition) is 5. The van der Waals surface area contributed by atoms with Crippen molar-refractivity contribution >= 4 is 18.0 Å². The molecule has 2 amide bonds. The molecular weight excluding hydrogens is 240 g/mol. The fourth-order valence-corrected chi connectivity index (χ4v) is 0.984. The topological polar surface area (TPSA) is 84.9 Å². The summed E-state index contributed by atoms with van der Waals surface area (Å²) in [5, 5.41) is 2.36. The minimum Gasteiger partial charge on any atom is -0.468 e. The Labute approximate surface area is 106 Å². The SMILES string of the molecule is CNC(=O)CN(CC(=O)OC)C(=O)OC(C)(C)C. The second-order valence-corrected chi connectivity index (χ2v) is 4.59. The van der Waals surface area contributed by atoms with E-state index in [4.69, 9.17) is 4.74 Å². The summed E-state index contributed by atoms with van der Waals surface area (Å²) in [7, 11) is 2.64. The largest absolute Gasteiger partial charge is 0.468 e. The molecule has 0 aromatic carbocycles. The van der Waals surface area contributed by atoms with Gasteiger partial charge in [-0.3, -0.25) is 14.5 Å². The van der Waals surface area contributed by atoms with E-state index in [9.17, 15) is 14.4 Å². The molecule has 0 radical (unpaired) electrons. The second kappa shape index (κ2) is 6.83. The highest BCUT2D eigenvalue weighted by Gasteiger charge is 2.25. The maximum atomic E-state index is 11.8. The highest BCUT2D eigenvalue weighted by Crippen LogP contribution is 2.09. The molecule has 0 aliphatic rings. The van der Waals surface area contributed by atoms with Gasteiger partial charge in [0.2, 0.25) is 5.91 Å². The van der Waals surface area contributed by atoms with E-state index in [0.29, 0.717) is 0 Å². The van der Waals surface area contributed by atoms with Crippen LogP contribution < -0.4 is 5.32 Å². The fraction of sp³-hybridized carbons (Fsp3) is 0.727. The molecule has 0 heterocycles. The van der Waals surface area contributed by atoms with Crippen LogP contribution in [0.3, 0.4) is 0 Å². The molecule has 7 heteroatoms. The van der Waals surface area contributed by atoms with Gasteiger partial charge in [0.1, 0.15) is 18.7 Å². The van der Waals surface area contributed by atoms with Crippen molar-refractivity contribution in [1.29, 1.82) is 0 Å². The minimum atomic E-state index is -0.739. The van der Waals surface area contributed by atoms with E-state index in [0.717, 1.165) is 4.90 Å².